The number of nitro groups is 1. The third-order valence-corrected chi connectivity index (χ3v) is 2.82. The molecule has 0 amide bonds. The number of carbonyl (C=O) groups is 1. The summed E-state index contributed by atoms with van der Waals surface area (Å²) in [6, 6.07) is -0.932. The lowest BCUT2D eigenvalue weighted by Crippen LogP contribution is -2.30. The van der Waals surface area contributed by atoms with E-state index in [4.69, 9.17) is 9.84 Å². The van der Waals surface area contributed by atoms with E-state index in [0.29, 0.717) is 19.4 Å². The molecule has 0 aliphatic heterocycles. The molecule has 1 aromatic rings. The molecule has 9 heteroatoms. The summed E-state index contributed by atoms with van der Waals surface area (Å²) in [7, 11) is 3.05. The predicted octanol–water partition coefficient (Wildman–Crippen LogP) is 0.928. The van der Waals surface area contributed by atoms with E-state index in [9.17, 15) is 14.9 Å². The molecule has 0 aliphatic carbocycles. The molecule has 9 nitrogen and oxygen atoms in total. The Hall–Kier alpha value is -2.16. The smallest absolute Gasteiger partial charge is 0.333 e. The second kappa shape index (κ2) is 6.85. The van der Waals surface area contributed by atoms with Crippen LogP contribution in [-0.2, 0) is 16.6 Å². The fraction of sp³-hybridized carbons (Fsp3) is 0.636. The highest BCUT2D eigenvalue weighted by Gasteiger charge is 2.28. The van der Waals surface area contributed by atoms with Crippen LogP contribution in [0.1, 0.15) is 18.5 Å². The van der Waals surface area contributed by atoms with E-state index < -0.39 is 16.9 Å². The summed E-state index contributed by atoms with van der Waals surface area (Å²) in [5.74, 6) is -0.980. The van der Waals surface area contributed by atoms with Crippen molar-refractivity contribution in [3.05, 3.63) is 15.8 Å². The molecular formula is C11H18N4O5. The maximum Gasteiger partial charge on any atom is 0.333 e. The number of aliphatic carboxylic acids is 1. The van der Waals surface area contributed by atoms with E-state index in [2.05, 4.69) is 10.4 Å². The number of nitrogens with zero attached hydrogens (tertiary/aromatic N) is 3. The second-order valence-electron chi connectivity index (χ2n) is 4.33. The Morgan fingerprint density at radius 1 is 1.65 bits per heavy atom. The van der Waals surface area contributed by atoms with Crippen molar-refractivity contribution in [3.63, 3.8) is 0 Å². The third-order valence-electron chi connectivity index (χ3n) is 2.82. The normalized spacial score (nSPS) is 12.2. The van der Waals surface area contributed by atoms with Crippen molar-refractivity contribution < 1.29 is 19.6 Å². The molecule has 1 unspecified atom stereocenters. The summed E-state index contributed by atoms with van der Waals surface area (Å²) in [5.41, 5.74) is 0.0338. The minimum atomic E-state index is -1.07. The zero-order chi connectivity index (χ0) is 15.3. The Labute approximate surface area is 115 Å². The fourth-order valence-corrected chi connectivity index (χ4v) is 1.88. The monoisotopic (exact) mass is 286 g/mol. The summed E-state index contributed by atoms with van der Waals surface area (Å²) >= 11 is 0. The molecule has 20 heavy (non-hydrogen) atoms. The van der Waals surface area contributed by atoms with Gasteiger partial charge in [-0.05, 0) is 19.8 Å². The summed E-state index contributed by atoms with van der Waals surface area (Å²) in [4.78, 5) is 21.6. The molecule has 1 atom stereocenters. The van der Waals surface area contributed by atoms with E-state index >= 15 is 0 Å². The molecule has 0 aromatic carbocycles. The molecule has 0 radical (unpaired) electrons. The van der Waals surface area contributed by atoms with Gasteiger partial charge in [-0.15, -0.1) is 0 Å². The number of anilines is 1. The van der Waals surface area contributed by atoms with Crippen LogP contribution in [0.3, 0.4) is 0 Å². The van der Waals surface area contributed by atoms with Gasteiger partial charge in [0.15, 0.2) is 0 Å². The van der Waals surface area contributed by atoms with Crippen LogP contribution >= 0.6 is 0 Å². The molecule has 0 saturated carbocycles. The van der Waals surface area contributed by atoms with Crippen molar-refractivity contribution in [2.24, 2.45) is 7.05 Å². The molecule has 0 bridgehead atoms. The van der Waals surface area contributed by atoms with Gasteiger partial charge >= 0.3 is 11.7 Å². The molecule has 2 N–H and O–H groups in total. The van der Waals surface area contributed by atoms with Gasteiger partial charge in [-0.1, -0.05) is 0 Å². The minimum Gasteiger partial charge on any atom is -0.480 e. The van der Waals surface area contributed by atoms with Crippen LogP contribution in [0, 0.1) is 17.0 Å². The number of hydrogen-bond acceptors (Lipinski definition) is 6. The number of nitrogens with one attached hydrogen (secondary N) is 1. The van der Waals surface area contributed by atoms with Crippen LogP contribution in [0.5, 0.6) is 0 Å². The van der Waals surface area contributed by atoms with Crippen LogP contribution in [-0.4, -0.2) is 45.5 Å². The maximum atomic E-state index is 11.2. The van der Waals surface area contributed by atoms with Crippen LogP contribution in [0.2, 0.25) is 0 Å². The first kappa shape index (κ1) is 15.9. The number of aromatic nitrogens is 2. The van der Waals surface area contributed by atoms with Crippen LogP contribution in [0.4, 0.5) is 11.5 Å². The van der Waals surface area contributed by atoms with Gasteiger partial charge < -0.3 is 15.2 Å². The number of hydrogen-bond donors (Lipinski definition) is 2. The number of carboxylic acids is 1. The summed E-state index contributed by atoms with van der Waals surface area (Å²) in [5, 5.41) is 26.8. The lowest BCUT2D eigenvalue weighted by atomic mass is 10.1. The van der Waals surface area contributed by atoms with Crippen molar-refractivity contribution in [3.8, 4) is 0 Å². The number of carboxylic acid groups (broad SMARTS) is 1. The lowest BCUT2D eigenvalue weighted by molar-refractivity contribution is -0.384. The Kier molecular flexibility index (Phi) is 5.44. The first-order valence-electron chi connectivity index (χ1n) is 6.04. The summed E-state index contributed by atoms with van der Waals surface area (Å²) in [6.45, 7) is 1.93. The number of methoxy groups -OCH3 is 1. The fourth-order valence-electron chi connectivity index (χ4n) is 1.88. The van der Waals surface area contributed by atoms with Crippen molar-refractivity contribution in [2.45, 2.75) is 25.8 Å². The number of aryl methyl sites for hydroxylation is 2. The van der Waals surface area contributed by atoms with Gasteiger partial charge in [0, 0.05) is 20.8 Å². The average Bonchev–Trinajstić information content (AvgIpc) is 2.62. The highest BCUT2D eigenvalue weighted by atomic mass is 16.6. The molecule has 0 spiro atoms. The highest BCUT2D eigenvalue weighted by molar-refractivity contribution is 5.78. The van der Waals surface area contributed by atoms with Gasteiger partial charge in [0.2, 0.25) is 5.82 Å². The topological polar surface area (TPSA) is 120 Å². The average molecular weight is 286 g/mol. The number of rotatable bonds is 8. The quantitative estimate of drug-likeness (QED) is 0.414. The predicted molar refractivity (Wildman–Crippen MR) is 70.8 cm³/mol. The Morgan fingerprint density at radius 3 is 2.80 bits per heavy atom. The molecule has 1 aromatic heterocycles. The highest BCUT2D eigenvalue weighted by Crippen LogP contribution is 2.28. The van der Waals surface area contributed by atoms with Gasteiger partial charge in [0.05, 0.1) is 4.92 Å². The largest absolute Gasteiger partial charge is 0.480 e. The zero-order valence-corrected chi connectivity index (χ0v) is 11.6. The van der Waals surface area contributed by atoms with Gasteiger partial charge in [0.25, 0.3) is 0 Å². The molecule has 0 aliphatic rings. The SMILES string of the molecule is COCCCC(Nc1c([N+](=O)[O-])c(C)nn1C)C(=O)O. The van der Waals surface area contributed by atoms with Crippen molar-refractivity contribution in [2.75, 3.05) is 19.0 Å². The minimum absolute atomic E-state index is 0.0947. The first-order valence-corrected chi connectivity index (χ1v) is 6.04. The molecule has 1 heterocycles. The Bertz CT molecular complexity index is 499. The first-order chi connectivity index (χ1) is 9.38. The lowest BCUT2D eigenvalue weighted by Gasteiger charge is -2.14. The zero-order valence-electron chi connectivity index (χ0n) is 11.6. The molecule has 1 rings (SSSR count). The van der Waals surface area contributed by atoms with Gasteiger partial charge in [-0.3, -0.25) is 10.1 Å². The summed E-state index contributed by atoms with van der Waals surface area (Å²) < 4.78 is 6.14. The van der Waals surface area contributed by atoms with Crippen molar-refractivity contribution >= 4 is 17.5 Å². The van der Waals surface area contributed by atoms with Crippen LogP contribution in [0.15, 0.2) is 0 Å². The molecule has 0 saturated heterocycles. The van der Waals surface area contributed by atoms with Gasteiger partial charge in [-0.2, -0.15) is 5.10 Å². The van der Waals surface area contributed by atoms with E-state index in [1.165, 1.54) is 25.8 Å². The maximum absolute atomic E-state index is 11.2. The molecular weight excluding hydrogens is 268 g/mol. The van der Waals surface area contributed by atoms with Crippen LogP contribution < -0.4 is 5.32 Å². The van der Waals surface area contributed by atoms with E-state index in [1.54, 1.807) is 0 Å². The Morgan fingerprint density at radius 2 is 2.30 bits per heavy atom. The second-order valence-corrected chi connectivity index (χ2v) is 4.33. The van der Waals surface area contributed by atoms with Gasteiger partial charge in [-0.25, -0.2) is 9.48 Å². The number of ether oxygens (including phenoxy) is 1. The van der Waals surface area contributed by atoms with E-state index in [0.717, 1.165) is 0 Å². The van der Waals surface area contributed by atoms with E-state index in [1.807, 2.05) is 0 Å². The molecule has 0 fully saturated rings. The van der Waals surface area contributed by atoms with E-state index in [-0.39, 0.29) is 17.2 Å². The third kappa shape index (κ3) is 3.67. The van der Waals surface area contributed by atoms with Gasteiger partial charge in [0.1, 0.15) is 11.7 Å². The van der Waals surface area contributed by atoms with Crippen molar-refractivity contribution in [1.82, 2.24) is 9.78 Å². The standard InChI is InChI=1S/C11H18N4O5/c1-7-9(15(18)19)10(14(2)13-7)12-8(11(16)17)5-4-6-20-3/h8,12H,4-6H2,1-3H3,(H,16,17). The molecule has 112 valence electrons. The summed E-state index contributed by atoms with van der Waals surface area (Å²) in [6.07, 6.45) is 0.829. The van der Waals surface area contributed by atoms with Crippen LogP contribution in [0.25, 0.3) is 0 Å². The Balaban J connectivity index is 2.93. The van der Waals surface area contributed by atoms with Crippen molar-refractivity contribution in [1.29, 1.82) is 0 Å².